The Hall–Kier alpha value is -1.71. The average Bonchev–Trinajstić information content (AvgIpc) is 3.32. The van der Waals surface area contributed by atoms with Crippen LogP contribution >= 0.6 is 0 Å². The molecule has 0 saturated heterocycles. The van der Waals surface area contributed by atoms with E-state index in [0.29, 0.717) is 22.9 Å². The summed E-state index contributed by atoms with van der Waals surface area (Å²) in [5.74, 6) is 2.81. The van der Waals surface area contributed by atoms with E-state index in [1.165, 1.54) is 25.7 Å². The molecule has 3 rings (SSSR count). The van der Waals surface area contributed by atoms with Crippen LogP contribution in [0.4, 0.5) is 5.69 Å². The molecule has 0 heterocycles. The van der Waals surface area contributed by atoms with Crippen molar-refractivity contribution in [1.29, 1.82) is 0 Å². The van der Waals surface area contributed by atoms with Crippen LogP contribution in [0.15, 0.2) is 18.2 Å². The molecule has 20 heavy (non-hydrogen) atoms. The quantitative estimate of drug-likeness (QED) is 0.783. The molecule has 4 nitrogen and oxygen atoms in total. The number of carbonyl (C=O) groups is 1. The second kappa shape index (κ2) is 5.35. The number of benzene rings is 1. The fraction of sp³-hybridized carbons (Fsp3) is 0.562. The van der Waals surface area contributed by atoms with Gasteiger partial charge < -0.3 is 15.8 Å². The summed E-state index contributed by atoms with van der Waals surface area (Å²) < 4.78 is 5.15. The van der Waals surface area contributed by atoms with Crippen LogP contribution in [0.25, 0.3) is 0 Å². The molecule has 3 N–H and O–H groups in total. The molecule has 0 aliphatic heterocycles. The van der Waals surface area contributed by atoms with Crippen molar-refractivity contribution in [2.75, 3.05) is 19.4 Å². The molecule has 0 spiro atoms. The number of hydrogen-bond donors (Lipinski definition) is 2. The first-order valence-electron chi connectivity index (χ1n) is 7.41. The van der Waals surface area contributed by atoms with Crippen molar-refractivity contribution in [3.8, 4) is 5.75 Å². The zero-order valence-electron chi connectivity index (χ0n) is 11.9. The predicted octanol–water partition coefficient (Wildman–Crippen LogP) is 2.44. The highest BCUT2D eigenvalue weighted by Gasteiger charge is 2.41. The number of methoxy groups -OCH3 is 1. The number of nitrogen functional groups attached to an aromatic ring is 1. The Kier molecular flexibility index (Phi) is 3.55. The summed E-state index contributed by atoms with van der Waals surface area (Å²) in [5, 5.41) is 3.06. The molecule has 4 heteroatoms. The van der Waals surface area contributed by atoms with Gasteiger partial charge in [-0.25, -0.2) is 0 Å². The Morgan fingerprint density at radius 2 is 2.00 bits per heavy atom. The number of nitrogens with one attached hydrogen (secondary N) is 1. The monoisotopic (exact) mass is 274 g/mol. The maximum absolute atomic E-state index is 12.3. The normalized spacial score (nSPS) is 18.1. The van der Waals surface area contributed by atoms with Gasteiger partial charge in [-0.2, -0.15) is 0 Å². The molecule has 0 bridgehead atoms. The summed E-state index contributed by atoms with van der Waals surface area (Å²) >= 11 is 0. The Labute approximate surface area is 119 Å². The maximum Gasteiger partial charge on any atom is 0.253 e. The van der Waals surface area contributed by atoms with E-state index in [-0.39, 0.29) is 5.91 Å². The largest absolute Gasteiger partial charge is 0.495 e. The van der Waals surface area contributed by atoms with Gasteiger partial charge in [-0.05, 0) is 55.6 Å². The lowest BCUT2D eigenvalue weighted by Crippen LogP contribution is -2.31. The Balaban J connectivity index is 1.63. The van der Waals surface area contributed by atoms with E-state index in [9.17, 15) is 4.79 Å². The Bertz CT molecular complexity index is 495. The van der Waals surface area contributed by atoms with E-state index < -0.39 is 0 Å². The van der Waals surface area contributed by atoms with E-state index in [4.69, 9.17) is 10.5 Å². The van der Waals surface area contributed by atoms with Gasteiger partial charge in [0.05, 0.1) is 18.4 Å². The van der Waals surface area contributed by atoms with Crippen molar-refractivity contribution in [3.63, 3.8) is 0 Å². The zero-order valence-corrected chi connectivity index (χ0v) is 11.9. The van der Waals surface area contributed by atoms with Crippen molar-refractivity contribution in [3.05, 3.63) is 23.8 Å². The summed E-state index contributed by atoms with van der Waals surface area (Å²) in [6.45, 7) is 0.783. The van der Waals surface area contributed by atoms with Crippen molar-refractivity contribution in [1.82, 2.24) is 5.32 Å². The fourth-order valence-electron chi connectivity index (χ4n) is 2.99. The highest BCUT2D eigenvalue weighted by molar-refractivity contribution is 6.00. The molecule has 0 atom stereocenters. The van der Waals surface area contributed by atoms with Crippen LogP contribution in [-0.2, 0) is 0 Å². The van der Waals surface area contributed by atoms with Gasteiger partial charge in [0, 0.05) is 6.54 Å². The number of hydrogen-bond acceptors (Lipinski definition) is 3. The molecule has 2 fully saturated rings. The van der Waals surface area contributed by atoms with Gasteiger partial charge in [-0.15, -0.1) is 0 Å². The molecule has 108 valence electrons. The maximum atomic E-state index is 12.3. The van der Waals surface area contributed by atoms with Crippen LogP contribution in [0.1, 0.15) is 36.0 Å². The molecular formula is C16H22N2O2. The summed E-state index contributed by atoms with van der Waals surface area (Å²) in [7, 11) is 1.56. The number of amides is 1. The van der Waals surface area contributed by atoms with Crippen LogP contribution in [0.5, 0.6) is 5.75 Å². The molecule has 1 amide bonds. The number of nitrogens with two attached hydrogens (primary N) is 1. The molecule has 0 aromatic heterocycles. The third kappa shape index (κ3) is 2.74. The van der Waals surface area contributed by atoms with Gasteiger partial charge >= 0.3 is 0 Å². The predicted molar refractivity (Wildman–Crippen MR) is 78.7 cm³/mol. The van der Waals surface area contributed by atoms with E-state index in [1.54, 1.807) is 25.3 Å². The minimum Gasteiger partial charge on any atom is -0.495 e. The van der Waals surface area contributed by atoms with Crippen LogP contribution in [0.2, 0.25) is 0 Å². The van der Waals surface area contributed by atoms with Gasteiger partial charge in [-0.1, -0.05) is 6.07 Å². The molecule has 1 aromatic carbocycles. The van der Waals surface area contributed by atoms with Gasteiger partial charge in [-0.3, -0.25) is 4.79 Å². The van der Waals surface area contributed by atoms with Gasteiger partial charge in [0.1, 0.15) is 5.75 Å². The number of anilines is 1. The smallest absolute Gasteiger partial charge is 0.253 e. The first-order valence-corrected chi connectivity index (χ1v) is 7.41. The molecule has 2 saturated carbocycles. The van der Waals surface area contributed by atoms with E-state index in [1.807, 2.05) is 0 Å². The lowest BCUT2D eigenvalue weighted by Gasteiger charge is -2.17. The number of rotatable bonds is 6. The van der Waals surface area contributed by atoms with Crippen LogP contribution in [-0.4, -0.2) is 19.6 Å². The number of carbonyl (C=O) groups excluding carboxylic acids is 1. The molecular weight excluding hydrogens is 252 g/mol. The van der Waals surface area contributed by atoms with Gasteiger partial charge in [0.15, 0.2) is 0 Å². The summed E-state index contributed by atoms with van der Waals surface area (Å²) in [4.78, 5) is 12.3. The van der Waals surface area contributed by atoms with Gasteiger partial charge in [0.25, 0.3) is 5.91 Å². The van der Waals surface area contributed by atoms with Crippen molar-refractivity contribution < 1.29 is 9.53 Å². The third-order valence-corrected chi connectivity index (χ3v) is 4.48. The first-order chi connectivity index (χ1) is 9.70. The average molecular weight is 274 g/mol. The van der Waals surface area contributed by atoms with Crippen LogP contribution < -0.4 is 15.8 Å². The third-order valence-electron chi connectivity index (χ3n) is 4.48. The summed E-state index contributed by atoms with van der Waals surface area (Å²) in [6, 6.07) is 5.31. The Morgan fingerprint density at radius 3 is 2.55 bits per heavy atom. The van der Waals surface area contributed by atoms with Crippen molar-refractivity contribution in [2.45, 2.75) is 25.7 Å². The highest BCUT2D eigenvalue weighted by Crippen LogP contribution is 2.48. The zero-order chi connectivity index (χ0) is 14.1. The van der Waals surface area contributed by atoms with Crippen molar-refractivity contribution >= 4 is 11.6 Å². The van der Waals surface area contributed by atoms with E-state index in [0.717, 1.165) is 18.4 Å². The molecule has 0 radical (unpaired) electrons. The standard InChI is InChI=1S/C16H22N2O2/c1-20-14-4-2-3-12(15(14)17)16(19)18-9-13(10-5-6-10)11-7-8-11/h2-4,10-11,13H,5-9,17H2,1H3,(H,18,19). The van der Waals surface area contributed by atoms with Crippen molar-refractivity contribution in [2.24, 2.45) is 17.8 Å². The highest BCUT2D eigenvalue weighted by atomic mass is 16.5. The summed E-state index contributed by atoms with van der Waals surface area (Å²) in [5.41, 5.74) is 6.89. The summed E-state index contributed by atoms with van der Waals surface area (Å²) in [6.07, 6.45) is 5.33. The lowest BCUT2D eigenvalue weighted by molar-refractivity contribution is 0.0944. The minimum absolute atomic E-state index is 0.0901. The molecule has 2 aliphatic rings. The SMILES string of the molecule is COc1cccc(C(=O)NCC(C2CC2)C2CC2)c1N. The lowest BCUT2D eigenvalue weighted by atomic mass is 9.98. The number of ether oxygens (including phenoxy) is 1. The Morgan fingerprint density at radius 1 is 1.35 bits per heavy atom. The van der Waals surface area contributed by atoms with E-state index in [2.05, 4.69) is 5.32 Å². The second-order valence-electron chi connectivity index (χ2n) is 5.97. The van der Waals surface area contributed by atoms with Gasteiger partial charge in [0.2, 0.25) is 0 Å². The second-order valence-corrected chi connectivity index (χ2v) is 5.97. The topological polar surface area (TPSA) is 64.3 Å². The first kappa shape index (κ1) is 13.3. The fourth-order valence-corrected chi connectivity index (χ4v) is 2.99. The number of para-hydroxylation sites is 1. The van der Waals surface area contributed by atoms with E-state index >= 15 is 0 Å². The van der Waals surface area contributed by atoms with Crippen LogP contribution in [0, 0.1) is 17.8 Å². The minimum atomic E-state index is -0.0901. The molecule has 0 unspecified atom stereocenters. The molecule has 2 aliphatic carbocycles. The van der Waals surface area contributed by atoms with Crippen LogP contribution in [0.3, 0.4) is 0 Å². The molecule has 1 aromatic rings.